The lowest BCUT2D eigenvalue weighted by Gasteiger charge is -2.23. The van der Waals surface area contributed by atoms with Crippen molar-refractivity contribution in [2.45, 2.75) is 45.1 Å². The molecule has 0 aliphatic heterocycles. The molecule has 0 fully saturated rings. The molecule has 0 saturated carbocycles. The highest BCUT2D eigenvalue weighted by Crippen LogP contribution is 2.19. The second-order valence-electron chi connectivity index (χ2n) is 5.04. The van der Waals surface area contributed by atoms with Gasteiger partial charge in [-0.05, 0) is 50.8 Å². The van der Waals surface area contributed by atoms with Crippen LogP contribution in [0.3, 0.4) is 0 Å². The largest absolute Gasteiger partial charge is 0.423 e. The fraction of sp³-hybridized carbons (Fsp3) is 0.538. The van der Waals surface area contributed by atoms with Gasteiger partial charge in [0.2, 0.25) is 0 Å². The van der Waals surface area contributed by atoms with Crippen molar-refractivity contribution in [3.05, 3.63) is 35.1 Å². The van der Waals surface area contributed by atoms with Gasteiger partial charge in [0.25, 0.3) is 0 Å². The minimum Gasteiger partial charge on any atom is -0.423 e. The van der Waals surface area contributed by atoms with Crippen molar-refractivity contribution in [2.75, 3.05) is 0 Å². The Morgan fingerprint density at radius 3 is 2.17 bits per heavy atom. The number of aryl methyl sites for hydroxylation is 1. The molecule has 0 amide bonds. The number of hydrogen-bond acceptors (Lipinski definition) is 1. The van der Waals surface area contributed by atoms with E-state index < -0.39 is 17.5 Å². The number of benzene rings is 1. The van der Waals surface area contributed by atoms with E-state index in [1.165, 1.54) is 0 Å². The standard InChI is InChI=1S/C13H19F3OSi/c1-13(2,17-18)6-4-3-5-9-7-10(14)12(16)11(15)8-9/h7-8H,3-6H2,1-2,18H3. The van der Waals surface area contributed by atoms with Crippen molar-refractivity contribution in [1.29, 1.82) is 0 Å². The van der Waals surface area contributed by atoms with E-state index in [9.17, 15) is 13.2 Å². The normalized spacial score (nSPS) is 12.1. The first kappa shape index (κ1) is 15.2. The van der Waals surface area contributed by atoms with Crippen molar-refractivity contribution in [1.82, 2.24) is 0 Å². The van der Waals surface area contributed by atoms with Crippen LogP contribution in [0.5, 0.6) is 0 Å². The molecule has 0 atom stereocenters. The van der Waals surface area contributed by atoms with Crippen molar-refractivity contribution >= 4 is 10.5 Å². The van der Waals surface area contributed by atoms with Crippen LogP contribution in [0, 0.1) is 17.5 Å². The average Bonchev–Trinajstić information content (AvgIpc) is 2.31. The zero-order valence-corrected chi connectivity index (χ0v) is 13.0. The first-order valence-electron chi connectivity index (χ1n) is 6.04. The molecule has 0 saturated heterocycles. The van der Waals surface area contributed by atoms with Gasteiger partial charge in [0.1, 0.15) is 10.5 Å². The Kier molecular flexibility index (Phi) is 5.41. The summed E-state index contributed by atoms with van der Waals surface area (Å²) in [5.41, 5.74) is 0.377. The maximum atomic E-state index is 13.0. The van der Waals surface area contributed by atoms with Crippen LogP contribution in [0.25, 0.3) is 0 Å². The number of unbranched alkanes of at least 4 members (excludes halogenated alkanes) is 1. The zero-order chi connectivity index (χ0) is 13.8. The molecule has 0 N–H and O–H groups in total. The Bertz CT molecular complexity index is 384. The monoisotopic (exact) mass is 276 g/mol. The first-order chi connectivity index (χ1) is 8.35. The van der Waals surface area contributed by atoms with E-state index in [0.717, 1.165) is 31.4 Å². The fourth-order valence-corrected chi connectivity index (χ4v) is 1.94. The summed E-state index contributed by atoms with van der Waals surface area (Å²) in [6.07, 6.45) is 3.17. The van der Waals surface area contributed by atoms with E-state index in [0.29, 0.717) is 22.5 Å². The van der Waals surface area contributed by atoms with E-state index >= 15 is 0 Å². The lowest BCUT2D eigenvalue weighted by atomic mass is 9.99. The third kappa shape index (κ3) is 4.46. The summed E-state index contributed by atoms with van der Waals surface area (Å²) in [5.74, 6) is -3.63. The molecule has 0 bridgehead atoms. The second kappa shape index (κ2) is 6.38. The SMILES string of the molecule is CC(C)(CCCCc1cc(F)c(F)c(F)c1)O[SiH3]. The molecule has 0 aromatic heterocycles. The van der Waals surface area contributed by atoms with Crippen LogP contribution in [0.15, 0.2) is 12.1 Å². The van der Waals surface area contributed by atoms with E-state index in [2.05, 4.69) is 0 Å². The van der Waals surface area contributed by atoms with Crippen molar-refractivity contribution < 1.29 is 17.6 Å². The molecule has 5 heteroatoms. The number of halogens is 3. The summed E-state index contributed by atoms with van der Waals surface area (Å²) in [6.45, 7) is 4.05. The van der Waals surface area contributed by atoms with Gasteiger partial charge in [0.15, 0.2) is 17.5 Å². The number of hydrogen-bond donors (Lipinski definition) is 0. The molecule has 0 spiro atoms. The third-order valence-electron chi connectivity index (χ3n) is 3.09. The van der Waals surface area contributed by atoms with Crippen LogP contribution < -0.4 is 0 Å². The Morgan fingerprint density at radius 1 is 1.11 bits per heavy atom. The molecule has 0 unspecified atom stereocenters. The summed E-state index contributed by atoms with van der Waals surface area (Å²) in [5, 5.41) is 0. The van der Waals surface area contributed by atoms with Gasteiger partial charge in [-0.1, -0.05) is 6.42 Å². The van der Waals surface area contributed by atoms with Crippen molar-refractivity contribution in [3.63, 3.8) is 0 Å². The Morgan fingerprint density at radius 2 is 1.67 bits per heavy atom. The van der Waals surface area contributed by atoms with Crippen molar-refractivity contribution in [3.8, 4) is 0 Å². The predicted octanol–water partition coefficient (Wildman–Crippen LogP) is 2.89. The molecule has 1 aromatic carbocycles. The first-order valence-corrected chi connectivity index (χ1v) is 6.86. The molecule has 0 radical (unpaired) electrons. The third-order valence-corrected chi connectivity index (χ3v) is 4.20. The Hall–Kier alpha value is -0.813. The Balaban J connectivity index is 2.45. The van der Waals surface area contributed by atoms with Crippen LogP contribution in [0.4, 0.5) is 13.2 Å². The molecule has 0 aliphatic rings. The van der Waals surface area contributed by atoms with Gasteiger partial charge in [-0.15, -0.1) is 0 Å². The van der Waals surface area contributed by atoms with Crippen LogP contribution in [-0.2, 0) is 10.8 Å². The van der Waals surface area contributed by atoms with Gasteiger partial charge in [-0.2, -0.15) is 0 Å². The van der Waals surface area contributed by atoms with E-state index in [4.69, 9.17) is 4.43 Å². The number of rotatable bonds is 6. The smallest absolute Gasteiger partial charge is 0.194 e. The van der Waals surface area contributed by atoms with E-state index in [1.54, 1.807) is 0 Å². The Labute approximate surface area is 109 Å². The van der Waals surface area contributed by atoms with Gasteiger partial charge in [0, 0.05) is 5.60 Å². The summed E-state index contributed by atoms with van der Waals surface area (Å²) in [6, 6.07) is 2.12. The average molecular weight is 276 g/mol. The highest BCUT2D eigenvalue weighted by molar-refractivity contribution is 5.98. The lowest BCUT2D eigenvalue weighted by Crippen LogP contribution is -2.22. The fourth-order valence-electron chi connectivity index (χ4n) is 1.73. The molecule has 18 heavy (non-hydrogen) atoms. The highest BCUT2D eigenvalue weighted by atomic mass is 28.2. The molecule has 102 valence electrons. The molecular formula is C13H19F3OSi. The van der Waals surface area contributed by atoms with Gasteiger partial charge < -0.3 is 4.43 Å². The maximum Gasteiger partial charge on any atom is 0.194 e. The highest BCUT2D eigenvalue weighted by Gasteiger charge is 2.15. The molecule has 1 rings (SSSR count). The van der Waals surface area contributed by atoms with E-state index in [1.807, 2.05) is 13.8 Å². The summed E-state index contributed by atoms with van der Waals surface area (Å²) in [4.78, 5) is 0. The van der Waals surface area contributed by atoms with Crippen LogP contribution >= 0.6 is 0 Å². The predicted molar refractivity (Wildman–Crippen MR) is 69.0 cm³/mol. The zero-order valence-electron chi connectivity index (χ0n) is 11.0. The van der Waals surface area contributed by atoms with Crippen molar-refractivity contribution in [2.24, 2.45) is 0 Å². The molecule has 0 heterocycles. The quantitative estimate of drug-likeness (QED) is 0.441. The van der Waals surface area contributed by atoms with Gasteiger partial charge >= 0.3 is 0 Å². The summed E-state index contributed by atoms with van der Waals surface area (Å²) < 4.78 is 44.1. The van der Waals surface area contributed by atoms with Gasteiger partial charge in [-0.25, -0.2) is 13.2 Å². The van der Waals surface area contributed by atoms with E-state index in [-0.39, 0.29) is 5.60 Å². The topological polar surface area (TPSA) is 9.23 Å². The van der Waals surface area contributed by atoms with Crippen LogP contribution in [0.1, 0.15) is 38.7 Å². The summed E-state index contributed by atoms with van der Waals surface area (Å²) >= 11 is 0. The minimum absolute atomic E-state index is 0.120. The molecule has 0 aliphatic carbocycles. The van der Waals surface area contributed by atoms with Gasteiger partial charge in [0.05, 0.1) is 0 Å². The molecule has 1 aromatic rings. The molecule has 1 nitrogen and oxygen atoms in total. The lowest BCUT2D eigenvalue weighted by molar-refractivity contribution is 0.109. The summed E-state index contributed by atoms with van der Waals surface area (Å²) in [7, 11) is 0.697. The maximum absolute atomic E-state index is 13.0. The minimum atomic E-state index is -1.40. The van der Waals surface area contributed by atoms with Crippen LogP contribution in [-0.4, -0.2) is 16.1 Å². The second-order valence-corrected chi connectivity index (χ2v) is 5.45. The van der Waals surface area contributed by atoms with Gasteiger partial charge in [-0.3, -0.25) is 0 Å². The molecular weight excluding hydrogens is 257 g/mol. The van der Waals surface area contributed by atoms with Crippen LogP contribution in [0.2, 0.25) is 0 Å².